The highest BCUT2D eigenvalue weighted by Crippen LogP contribution is 2.37. The van der Waals surface area contributed by atoms with Gasteiger partial charge < -0.3 is 14.8 Å². The highest BCUT2D eigenvalue weighted by molar-refractivity contribution is 6.01. The Kier molecular flexibility index (Phi) is 5.75. The molecule has 8 nitrogen and oxygen atoms in total. The van der Waals surface area contributed by atoms with E-state index in [4.69, 9.17) is 9.47 Å². The number of methoxy groups -OCH3 is 1. The minimum Gasteiger partial charge on any atom is -0.494 e. The lowest BCUT2D eigenvalue weighted by molar-refractivity contribution is -0.118. The molecule has 0 radical (unpaired) electrons. The van der Waals surface area contributed by atoms with Gasteiger partial charge in [-0.25, -0.2) is 9.97 Å². The molecule has 0 saturated carbocycles. The van der Waals surface area contributed by atoms with Crippen molar-refractivity contribution in [1.29, 1.82) is 0 Å². The van der Waals surface area contributed by atoms with Crippen molar-refractivity contribution >= 4 is 22.5 Å². The molecule has 1 amide bonds. The van der Waals surface area contributed by atoms with Gasteiger partial charge in [-0.1, -0.05) is 30.3 Å². The van der Waals surface area contributed by atoms with Gasteiger partial charge >= 0.3 is 0 Å². The molecule has 1 fully saturated rings. The first-order valence-electron chi connectivity index (χ1n) is 11.0. The lowest BCUT2D eigenvalue weighted by Gasteiger charge is -2.14. The standard InChI is InChI=1S/C25H25N5O3/c1-30-14-19(24(29-30)16-7-4-3-5-8-16)25-18-12-21(22(32-2)13-20(18)26-15-27-25)28-23(31)11-17-9-6-10-33-17/h3-5,7-8,12-15,17H,6,9-11H2,1-2H3,(H,28,31)/t17-/m1/s1. The molecule has 1 N–H and O–H groups in total. The maximum atomic E-state index is 12.7. The third kappa shape index (κ3) is 4.29. The second kappa shape index (κ2) is 8.99. The van der Waals surface area contributed by atoms with E-state index in [1.165, 1.54) is 6.33 Å². The zero-order valence-corrected chi connectivity index (χ0v) is 18.6. The molecule has 3 heterocycles. The van der Waals surface area contributed by atoms with Crippen LogP contribution in [-0.4, -0.2) is 45.5 Å². The molecular weight excluding hydrogens is 418 g/mol. The minimum atomic E-state index is -0.107. The van der Waals surface area contributed by atoms with E-state index in [9.17, 15) is 4.79 Å². The monoisotopic (exact) mass is 443 g/mol. The van der Waals surface area contributed by atoms with E-state index in [0.717, 1.165) is 46.3 Å². The molecule has 2 aromatic carbocycles. The first-order chi connectivity index (χ1) is 16.1. The number of hydrogen-bond acceptors (Lipinski definition) is 6. The van der Waals surface area contributed by atoms with Gasteiger partial charge in [-0.2, -0.15) is 5.10 Å². The maximum absolute atomic E-state index is 12.7. The van der Waals surface area contributed by atoms with Crippen molar-refractivity contribution in [1.82, 2.24) is 19.7 Å². The SMILES string of the molecule is COc1cc2ncnc(-c3cn(C)nc3-c3ccccc3)c2cc1NC(=O)C[C@H]1CCCO1. The quantitative estimate of drug-likeness (QED) is 0.480. The fourth-order valence-electron chi connectivity index (χ4n) is 4.25. The van der Waals surface area contributed by atoms with Gasteiger partial charge in [0.15, 0.2) is 0 Å². The average Bonchev–Trinajstić information content (AvgIpc) is 3.48. The van der Waals surface area contributed by atoms with Gasteiger partial charge in [0.25, 0.3) is 0 Å². The summed E-state index contributed by atoms with van der Waals surface area (Å²) in [7, 11) is 3.47. The van der Waals surface area contributed by atoms with E-state index < -0.39 is 0 Å². The van der Waals surface area contributed by atoms with Gasteiger partial charge in [-0.3, -0.25) is 9.48 Å². The van der Waals surface area contributed by atoms with Crippen LogP contribution in [0.2, 0.25) is 0 Å². The van der Waals surface area contributed by atoms with Crippen molar-refractivity contribution in [3.8, 4) is 28.3 Å². The molecule has 0 aliphatic carbocycles. The topological polar surface area (TPSA) is 91.2 Å². The molecule has 0 unspecified atom stereocenters. The number of nitrogens with zero attached hydrogens (tertiary/aromatic N) is 4. The summed E-state index contributed by atoms with van der Waals surface area (Å²) in [5.41, 5.74) is 4.75. The van der Waals surface area contributed by atoms with E-state index >= 15 is 0 Å². The van der Waals surface area contributed by atoms with Crippen molar-refractivity contribution < 1.29 is 14.3 Å². The lowest BCUT2D eigenvalue weighted by atomic mass is 10.0. The van der Waals surface area contributed by atoms with E-state index in [1.807, 2.05) is 55.7 Å². The molecule has 4 aromatic rings. The number of aryl methyl sites for hydroxylation is 1. The molecule has 1 aliphatic heterocycles. The Hall–Kier alpha value is -3.78. The van der Waals surface area contributed by atoms with Gasteiger partial charge in [0.1, 0.15) is 17.8 Å². The number of aromatic nitrogens is 4. The summed E-state index contributed by atoms with van der Waals surface area (Å²) in [4.78, 5) is 21.7. The molecule has 8 heteroatoms. The van der Waals surface area contributed by atoms with Crippen LogP contribution in [-0.2, 0) is 16.6 Å². The van der Waals surface area contributed by atoms with Gasteiger partial charge in [0.05, 0.1) is 36.5 Å². The highest BCUT2D eigenvalue weighted by Gasteiger charge is 2.21. The zero-order valence-electron chi connectivity index (χ0n) is 18.6. The number of nitrogens with one attached hydrogen (secondary N) is 1. The number of ether oxygens (including phenoxy) is 2. The third-order valence-electron chi connectivity index (χ3n) is 5.80. The average molecular weight is 444 g/mol. The van der Waals surface area contributed by atoms with Crippen molar-refractivity contribution in [2.45, 2.75) is 25.4 Å². The second-order valence-electron chi connectivity index (χ2n) is 8.11. The Labute approximate surface area is 191 Å². The number of anilines is 1. The van der Waals surface area contributed by atoms with E-state index in [1.54, 1.807) is 11.8 Å². The van der Waals surface area contributed by atoms with Gasteiger partial charge in [-0.15, -0.1) is 0 Å². The predicted molar refractivity (Wildman–Crippen MR) is 126 cm³/mol. The van der Waals surface area contributed by atoms with Crippen LogP contribution in [0.1, 0.15) is 19.3 Å². The van der Waals surface area contributed by atoms with Crippen LogP contribution >= 0.6 is 0 Å². The smallest absolute Gasteiger partial charge is 0.227 e. The van der Waals surface area contributed by atoms with Crippen LogP contribution in [0.25, 0.3) is 33.4 Å². The van der Waals surface area contributed by atoms with Gasteiger partial charge in [0.2, 0.25) is 5.91 Å². The Morgan fingerprint density at radius 1 is 1.21 bits per heavy atom. The molecule has 1 saturated heterocycles. The summed E-state index contributed by atoms with van der Waals surface area (Å²) in [5.74, 6) is 0.437. The number of benzene rings is 2. The number of rotatable bonds is 6. The Morgan fingerprint density at radius 3 is 2.82 bits per heavy atom. The summed E-state index contributed by atoms with van der Waals surface area (Å²) in [6, 6.07) is 13.7. The molecular formula is C25H25N5O3. The normalized spacial score (nSPS) is 15.6. The van der Waals surface area contributed by atoms with Crippen molar-refractivity contribution in [2.75, 3.05) is 19.0 Å². The van der Waals surface area contributed by atoms with Gasteiger partial charge in [-0.05, 0) is 18.9 Å². The van der Waals surface area contributed by atoms with Gasteiger partial charge in [0, 0.05) is 42.4 Å². The third-order valence-corrected chi connectivity index (χ3v) is 5.80. The minimum absolute atomic E-state index is 0.0285. The van der Waals surface area contributed by atoms with Crippen molar-refractivity contribution in [3.05, 3.63) is 55.0 Å². The Balaban J connectivity index is 1.57. The van der Waals surface area contributed by atoms with Crippen molar-refractivity contribution in [3.63, 3.8) is 0 Å². The second-order valence-corrected chi connectivity index (χ2v) is 8.11. The maximum Gasteiger partial charge on any atom is 0.227 e. The molecule has 0 bridgehead atoms. The van der Waals surface area contributed by atoms with E-state index in [2.05, 4.69) is 20.4 Å². The number of amides is 1. The Bertz CT molecular complexity index is 1300. The summed E-state index contributed by atoms with van der Waals surface area (Å²) in [6.45, 7) is 0.715. The van der Waals surface area contributed by atoms with Crippen LogP contribution in [0.4, 0.5) is 5.69 Å². The van der Waals surface area contributed by atoms with Crippen LogP contribution < -0.4 is 10.1 Å². The Morgan fingerprint density at radius 2 is 2.06 bits per heavy atom. The summed E-state index contributed by atoms with van der Waals surface area (Å²) in [5, 5.41) is 8.47. The van der Waals surface area contributed by atoms with Crippen LogP contribution in [0.5, 0.6) is 5.75 Å². The molecule has 2 aromatic heterocycles. The molecule has 168 valence electrons. The first kappa shape index (κ1) is 21.1. The highest BCUT2D eigenvalue weighted by atomic mass is 16.5. The number of hydrogen-bond donors (Lipinski definition) is 1. The lowest BCUT2D eigenvalue weighted by Crippen LogP contribution is -2.19. The first-order valence-corrected chi connectivity index (χ1v) is 11.0. The molecule has 33 heavy (non-hydrogen) atoms. The molecule has 1 atom stereocenters. The van der Waals surface area contributed by atoms with Crippen molar-refractivity contribution in [2.24, 2.45) is 7.05 Å². The van der Waals surface area contributed by atoms with Crippen LogP contribution in [0.15, 0.2) is 55.0 Å². The van der Waals surface area contributed by atoms with E-state index in [0.29, 0.717) is 24.5 Å². The zero-order chi connectivity index (χ0) is 22.8. The summed E-state index contributed by atoms with van der Waals surface area (Å²) < 4.78 is 12.9. The van der Waals surface area contributed by atoms with Crippen LogP contribution in [0, 0.1) is 0 Å². The molecule has 0 spiro atoms. The molecule has 5 rings (SSSR count). The number of fused-ring (bicyclic) bond motifs is 1. The fourth-order valence-corrected chi connectivity index (χ4v) is 4.25. The molecule has 1 aliphatic rings. The largest absolute Gasteiger partial charge is 0.494 e. The number of carbonyl (C=O) groups excluding carboxylic acids is 1. The fraction of sp³-hybridized carbons (Fsp3) is 0.280. The van der Waals surface area contributed by atoms with E-state index in [-0.39, 0.29) is 12.0 Å². The summed E-state index contributed by atoms with van der Waals surface area (Å²) in [6.07, 6.45) is 5.67. The summed E-state index contributed by atoms with van der Waals surface area (Å²) >= 11 is 0. The van der Waals surface area contributed by atoms with Crippen LogP contribution in [0.3, 0.4) is 0 Å². The predicted octanol–water partition coefficient (Wildman–Crippen LogP) is 4.21. The number of carbonyl (C=O) groups is 1.